The molecule has 3 aromatic rings. The van der Waals surface area contributed by atoms with Crippen molar-refractivity contribution in [3.05, 3.63) is 28.5 Å². The van der Waals surface area contributed by atoms with Gasteiger partial charge in [0.25, 0.3) is 6.43 Å². The fourth-order valence-corrected chi connectivity index (χ4v) is 3.79. The molecule has 0 N–H and O–H groups in total. The third kappa shape index (κ3) is 2.73. The smallest absolute Gasteiger partial charge is 0.291 e. The van der Waals surface area contributed by atoms with Crippen LogP contribution in [0.15, 0.2) is 23.4 Å². The summed E-state index contributed by atoms with van der Waals surface area (Å²) in [5, 5.41) is 6.92. The molecular formula is C10H4BrClF2N4O2S2. The maximum Gasteiger partial charge on any atom is 0.291 e. The van der Waals surface area contributed by atoms with Crippen LogP contribution in [0.1, 0.15) is 11.4 Å². The summed E-state index contributed by atoms with van der Waals surface area (Å²) in [5.74, 6) is 0. The van der Waals surface area contributed by atoms with Gasteiger partial charge in [-0.15, -0.1) is 10.2 Å². The predicted molar refractivity (Wildman–Crippen MR) is 80.2 cm³/mol. The highest BCUT2D eigenvalue weighted by Crippen LogP contribution is 2.32. The molecule has 0 saturated carbocycles. The minimum absolute atomic E-state index is 0.0946. The molecule has 0 unspecified atom stereocenters. The Morgan fingerprint density at radius 1 is 1.36 bits per heavy atom. The quantitative estimate of drug-likeness (QED) is 0.595. The van der Waals surface area contributed by atoms with Crippen molar-refractivity contribution in [1.29, 1.82) is 0 Å². The molecule has 0 aromatic carbocycles. The van der Waals surface area contributed by atoms with Gasteiger partial charge >= 0.3 is 0 Å². The Balaban J connectivity index is 2.24. The van der Waals surface area contributed by atoms with Crippen molar-refractivity contribution in [3.8, 4) is 10.7 Å². The van der Waals surface area contributed by atoms with E-state index in [9.17, 15) is 17.2 Å². The van der Waals surface area contributed by atoms with Crippen LogP contribution < -0.4 is 0 Å². The summed E-state index contributed by atoms with van der Waals surface area (Å²) >= 11 is 9.25. The van der Waals surface area contributed by atoms with Crippen LogP contribution in [0.25, 0.3) is 16.3 Å². The number of aromatic nitrogens is 4. The lowest BCUT2D eigenvalue weighted by atomic mass is 10.4. The molecule has 0 atom stereocenters. The molecule has 0 spiro atoms. The second-order valence-corrected chi connectivity index (χ2v) is 9.37. The van der Waals surface area contributed by atoms with Crippen molar-refractivity contribution in [2.45, 2.75) is 11.3 Å². The molecule has 6 nitrogen and oxygen atoms in total. The molecule has 22 heavy (non-hydrogen) atoms. The van der Waals surface area contributed by atoms with Crippen LogP contribution in [-0.2, 0) is 8.27 Å². The summed E-state index contributed by atoms with van der Waals surface area (Å²) in [6.07, 6.45) is -0.0916. The molecule has 0 fully saturated rings. The van der Waals surface area contributed by atoms with Crippen molar-refractivity contribution in [2.75, 3.05) is 0 Å². The number of pyridine rings is 1. The molecule has 0 aliphatic heterocycles. The third-order valence-corrected chi connectivity index (χ3v) is 5.80. The van der Waals surface area contributed by atoms with Gasteiger partial charge in [-0.3, -0.25) is 4.40 Å². The van der Waals surface area contributed by atoms with E-state index in [0.717, 1.165) is 0 Å². The first-order chi connectivity index (χ1) is 10.3. The first-order valence-electron chi connectivity index (χ1n) is 5.50. The van der Waals surface area contributed by atoms with E-state index in [1.54, 1.807) is 0 Å². The van der Waals surface area contributed by atoms with Gasteiger partial charge in [0.15, 0.2) is 15.7 Å². The fraction of sp³-hybridized carbons (Fsp3) is 0.100. The van der Waals surface area contributed by atoms with Crippen LogP contribution in [0.5, 0.6) is 0 Å². The highest BCUT2D eigenvalue weighted by atomic mass is 79.9. The second-order valence-electron chi connectivity index (χ2n) is 4.04. The van der Waals surface area contributed by atoms with Crippen LogP contribution >= 0.6 is 37.8 Å². The lowest BCUT2D eigenvalue weighted by Crippen LogP contribution is -1.96. The van der Waals surface area contributed by atoms with Crippen molar-refractivity contribution < 1.29 is 17.2 Å². The zero-order valence-electron chi connectivity index (χ0n) is 10.2. The number of rotatable bonds is 3. The average Bonchev–Trinajstić information content (AvgIpc) is 3.03. The number of nitrogens with zero attached hydrogens (tertiary/aromatic N) is 4. The average molecular weight is 430 g/mol. The van der Waals surface area contributed by atoms with Crippen LogP contribution in [0.2, 0.25) is 5.02 Å². The van der Waals surface area contributed by atoms with Gasteiger partial charge in [0.1, 0.15) is 5.69 Å². The maximum atomic E-state index is 12.6. The van der Waals surface area contributed by atoms with Gasteiger partial charge in [-0.1, -0.05) is 22.9 Å². The number of hydrogen-bond donors (Lipinski definition) is 0. The first-order valence-corrected chi connectivity index (χ1v) is 10.0. The van der Waals surface area contributed by atoms with Gasteiger partial charge in [0.2, 0.25) is 8.27 Å². The lowest BCUT2D eigenvalue weighted by Gasteiger charge is -2.03. The van der Waals surface area contributed by atoms with Crippen molar-refractivity contribution >= 4 is 51.7 Å². The summed E-state index contributed by atoms with van der Waals surface area (Å²) in [7, 11) is -3.68. The number of alkyl halides is 2. The van der Waals surface area contributed by atoms with Gasteiger partial charge in [-0.25, -0.2) is 22.2 Å². The molecule has 3 rings (SSSR count). The Morgan fingerprint density at radius 3 is 2.68 bits per heavy atom. The van der Waals surface area contributed by atoms with Crippen molar-refractivity contribution in [1.82, 2.24) is 19.6 Å². The SMILES string of the molecule is O=S(=O)(Br)c1cc(Cl)c2ncc(-c3nnc(C(F)F)s3)n2c1. The largest absolute Gasteiger partial charge is 0.295 e. The summed E-state index contributed by atoms with van der Waals surface area (Å²) in [6, 6.07) is 1.24. The van der Waals surface area contributed by atoms with E-state index in [1.165, 1.54) is 22.9 Å². The van der Waals surface area contributed by atoms with Gasteiger partial charge in [0.05, 0.1) is 30.9 Å². The standard InChI is InChI=1S/C10H4BrClF2N4O2S2/c11-22(19,20)4-1-5(12)8-15-2-6(18(8)3-4)9-16-17-10(21-9)7(13)14/h1-3,7H. The van der Waals surface area contributed by atoms with E-state index in [1.807, 2.05) is 0 Å². The van der Waals surface area contributed by atoms with Crippen LogP contribution in [0.4, 0.5) is 8.78 Å². The molecule has 0 amide bonds. The molecule has 0 aliphatic rings. The minimum Gasteiger partial charge on any atom is -0.295 e. The number of imidazole rings is 1. The molecular weight excluding hydrogens is 426 g/mol. The number of hydrogen-bond acceptors (Lipinski definition) is 6. The molecule has 116 valence electrons. The van der Waals surface area contributed by atoms with E-state index < -0.39 is 19.7 Å². The van der Waals surface area contributed by atoms with Crippen LogP contribution in [-0.4, -0.2) is 28.0 Å². The zero-order chi connectivity index (χ0) is 16.1. The Bertz CT molecular complexity index is 973. The summed E-state index contributed by atoms with van der Waals surface area (Å²) in [4.78, 5) is 3.95. The highest BCUT2D eigenvalue weighted by Gasteiger charge is 2.20. The molecule has 3 aromatic heterocycles. The zero-order valence-corrected chi connectivity index (χ0v) is 14.2. The van der Waals surface area contributed by atoms with Crippen LogP contribution in [0, 0.1) is 0 Å². The minimum atomic E-state index is -3.68. The maximum absolute atomic E-state index is 12.6. The Kier molecular flexibility index (Phi) is 3.91. The van der Waals surface area contributed by atoms with Crippen molar-refractivity contribution in [3.63, 3.8) is 0 Å². The van der Waals surface area contributed by atoms with Gasteiger partial charge < -0.3 is 0 Å². The lowest BCUT2D eigenvalue weighted by molar-refractivity contribution is 0.150. The van der Waals surface area contributed by atoms with Gasteiger partial charge in [-0.05, 0) is 6.07 Å². The Morgan fingerprint density at radius 2 is 2.09 bits per heavy atom. The summed E-state index contributed by atoms with van der Waals surface area (Å²) < 4.78 is 49.7. The van der Waals surface area contributed by atoms with Crippen LogP contribution in [0.3, 0.4) is 0 Å². The van der Waals surface area contributed by atoms with E-state index >= 15 is 0 Å². The second kappa shape index (κ2) is 5.48. The Hall–Kier alpha value is -1.17. The molecule has 0 radical (unpaired) electrons. The Labute approximate surface area is 138 Å². The molecule has 3 heterocycles. The third-order valence-electron chi connectivity index (χ3n) is 2.66. The van der Waals surface area contributed by atoms with Crippen molar-refractivity contribution in [2.24, 2.45) is 0 Å². The van der Waals surface area contributed by atoms with E-state index in [0.29, 0.717) is 17.0 Å². The summed E-state index contributed by atoms with van der Waals surface area (Å²) in [5.41, 5.74) is 0.602. The summed E-state index contributed by atoms with van der Waals surface area (Å²) in [6.45, 7) is 0. The van der Waals surface area contributed by atoms with Gasteiger partial charge in [-0.2, -0.15) is 0 Å². The topological polar surface area (TPSA) is 77.2 Å². The molecule has 0 aliphatic carbocycles. The normalized spacial score (nSPS) is 12.4. The number of fused-ring (bicyclic) bond motifs is 1. The first kappa shape index (κ1) is 15.7. The predicted octanol–water partition coefficient (Wildman–Crippen LogP) is 3.53. The van der Waals surface area contributed by atoms with Gasteiger partial charge in [0, 0.05) is 6.20 Å². The van der Waals surface area contributed by atoms with E-state index in [2.05, 4.69) is 30.0 Å². The molecule has 12 heteroatoms. The monoisotopic (exact) mass is 428 g/mol. The fourth-order valence-electron chi connectivity index (χ4n) is 1.74. The van der Waals surface area contributed by atoms with E-state index in [4.69, 9.17) is 11.6 Å². The molecule has 0 saturated heterocycles. The van der Waals surface area contributed by atoms with E-state index in [-0.39, 0.29) is 20.6 Å². The molecule has 0 bridgehead atoms. The highest BCUT2D eigenvalue weighted by molar-refractivity contribution is 9.47. The number of halogens is 4.